The van der Waals surface area contributed by atoms with Gasteiger partial charge in [0.25, 0.3) is 0 Å². The van der Waals surface area contributed by atoms with Crippen molar-refractivity contribution in [1.82, 2.24) is 4.57 Å². The number of aryl methyl sites for hydroxylation is 1. The van der Waals surface area contributed by atoms with E-state index in [-0.39, 0.29) is 11.6 Å². The molecule has 0 unspecified atom stereocenters. The van der Waals surface area contributed by atoms with Crippen LogP contribution in [0.2, 0.25) is 5.02 Å². The molecule has 0 amide bonds. The standard InChI is InChI=1S/C23H24ClFN2O2/c1-3-29-23(28)22-21(26-12-5-4-6-13-26)19-18(11-10-17(25)20(19)24)27(22)16-9-7-8-15(2)14-16/h7-11,14H,3-6,12-13H2,1-2H3. The molecule has 0 aliphatic carbocycles. The van der Waals surface area contributed by atoms with Crippen LogP contribution in [-0.2, 0) is 4.74 Å². The van der Waals surface area contributed by atoms with Crippen LogP contribution in [0, 0.1) is 12.7 Å². The van der Waals surface area contributed by atoms with E-state index in [9.17, 15) is 9.18 Å². The van der Waals surface area contributed by atoms with Crippen LogP contribution >= 0.6 is 11.6 Å². The normalized spacial score (nSPS) is 14.4. The third-order valence-corrected chi connectivity index (χ3v) is 5.77. The van der Waals surface area contributed by atoms with E-state index in [1.54, 1.807) is 13.0 Å². The monoisotopic (exact) mass is 414 g/mol. The van der Waals surface area contributed by atoms with Crippen LogP contribution < -0.4 is 4.90 Å². The van der Waals surface area contributed by atoms with E-state index in [1.165, 1.54) is 6.07 Å². The summed E-state index contributed by atoms with van der Waals surface area (Å²) in [5.41, 5.74) is 3.66. The number of nitrogens with zero attached hydrogens (tertiary/aromatic N) is 2. The number of benzene rings is 2. The number of fused-ring (bicyclic) bond motifs is 1. The molecular formula is C23H24ClFN2O2. The highest BCUT2D eigenvalue weighted by Crippen LogP contribution is 2.42. The Kier molecular flexibility index (Phi) is 5.50. The molecule has 1 saturated heterocycles. The molecule has 4 nitrogen and oxygen atoms in total. The van der Waals surface area contributed by atoms with Crippen molar-refractivity contribution >= 4 is 34.2 Å². The topological polar surface area (TPSA) is 34.5 Å². The highest BCUT2D eigenvalue weighted by molar-refractivity contribution is 6.37. The predicted octanol–water partition coefficient (Wildman–Crippen LogP) is 5.90. The molecule has 2 heterocycles. The average molecular weight is 415 g/mol. The van der Waals surface area contributed by atoms with Gasteiger partial charge in [-0.1, -0.05) is 23.7 Å². The van der Waals surface area contributed by atoms with Gasteiger partial charge < -0.3 is 14.2 Å². The maximum Gasteiger partial charge on any atom is 0.357 e. The molecule has 1 fully saturated rings. The smallest absolute Gasteiger partial charge is 0.357 e. The van der Waals surface area contributed by atoms with Crippen LogP contribution in [0.25, 0.3) is 16.6 Å². The lowest BCUT2D eigenvalue weighted by molar-refractivity contribution is 0.0518. The summed E-state index contributed by atoms with van der Waals surface area (Å²) in [7, 11) is 0. The molecule has 0 bridgehead atoms. The van der Waals surface area contributed by atoms with Gasteiger partial charge in [-0.25, -0.2) is 9.18 Å². The molecule has 29 heavy (non-hydrogen) atoms. The Balaban J connectivity index is 2.11. The van der Waals surface area contributed by atoms with E-state index in [0.29, 0.717) is 22.3 Å². The second-order valence-corrected chi connectivity index (χ2v) is 7.77. The van der Waals surface area contributed by atoms with Crippen LogP contribution in [0.5, 0.6) is 0 Å². The predicted molar refractivity (Wildman–Crippen MR) is 115 cm³/mol. The first-order valence-electron chi connectivity index (χ1n) is 10.0. The molecule has 1 aliphatic heterocycles. The second kappa shape index (κ2) is 8.07. The van der Waals surface area contributed by atoms with Gasteiger partial charge in [-0.15, -0.1) is 0 Å². The van der Waals surface area contributed by atoms with E-state index in [1.807, 2.05) is 35.8 Å². The van der Waals surface area contributed by atoms with Crippen LogP contribution in [0.4, 0.5) is 10.1 Å². The second-order valence-electron chi connectivity index (χ2n) is 7.40. The highest BCUT2D eigenvalue weighted by Gasteiger charge is 2.31. The zero-order chi connectivity index (χ0) is 20.5. The number of esters is 1. The first-order valence-corrected chi connectivity index (χ1v) is 10.4. The maximum absolute atomic E-state index is 14.5. The number of ether oxygens (including phenoxy) is 1. The van der Waals surface area contributed by atoms with Crippen LogP contribution in [0.15, 0.2) is 36.4 Å². The first-order chi connectivity index (χ1) is 14.0. The summed E-state index contributed by atoms with van der Waals surface area (Å²) in [5.74, 6) is -0.920. The van der Waals surface area contributed by atoms with E-state index in [4.69, 9.17) is 16.3 Å². The van der Waals surface area contributed by atoms with Crippen molar-refractivity contribution in [2.75, 3.05) is 24.6 Å². The molecule has 2 aromatic carbocycles. The lowest BCUT2D eigenvalue weighted by Crippen LogP contribution is -2.31. The third-order valence-electron chi connectivity index (χ3n) is 5.40. The number of rotatable bonds is 4. The molecule has 1 aliphatic rings. The van der Waals surface area contributed by atoms with Gasteiger partial charge in [0.05, 0.1) is 22.8 Å². The van der Waals surface area contributed by atoms with Gasteiger partial charge in [0.1, 0.15) is 5.82 Å². The number of carbonyl (C=O) groups is 1. The van der Waals surface area contributed by atoms with Gasteiger partial charge in [-0.2, -0.15) is 0 Å². The van der Waals surface area contributed by atoms with E-state index >= 15 is 0 Å². The largest absolute Gasteiger partial charge is 0.461 e. The number of hydrogen-bond acceptors (Lipinski definition) is 3. The summed E-state index contributed by atoms with van der Waals surface area (Å²) in [6.45, 7) is 5.64. The molecule has 152 valence electrons. The fourth-order valence-electron chi connectivity index (χ4n) is 4.14. The van der Waals surface area contributed by atoms with Crippen LogP contribution in [-0.4, -0.2) is 30.2 Å². The van der Waals surface area contributed by atoms with Crippen molar-refractivity contribution in [1.29, 1.82) is 0 Å². The molecule has 0 N–H and O–H groups in total. The van der Waals surface area contributed by atoms with Crippen molar-refractivity contribution in [3.8, 4) is 5.69 Å². The summed E-state index contributed by atoms with van der Waals surface area (Å²) in [4.78, 5) is 15.3. The fourth-order valence-corrected chi connectivity index (χ4v) is 4.39. The summed E-state index contributed by atoms with van der Waals surface area (Å²) in [6, 6.07) is 10.9. The van der Waals surface area contributed by atoms with Crippen LogP contribution in [0.3, 0.4) is 0 Å². The van der Waals surface area contributed by atoms with Crippen molar-refractivity contribution in [2.24, 2.45) is 0 Å². The number of piperidine rings is 1. The van der Waals surface area contributed by atoms with Gasteiger partial charge in [-0.05, 0) is 62.9 Å². The average Bonchev–Trinajstić information content (AvgIpc) is 3.07. The Morgan fingerprint density at radius 2 is 1.93 bits per heavy atom. The summed E-state index contributed by atoms with van der Waals surface area (Å²) in [6.07, 6.45) is 3.18. The summed E-state index contributed by atoms with van der Waals surface area (Å²) >= 11 is 6.47. The molecule has 0 spiro atoms. The van der Waals surface area contributed by atoms with Gasteiger partial charge in [0.2, 0.25) is 0 Å². The Morgan fingerprint density at radius 1 is 1.17 bits per heavy atom. The molecule has 4 rings (SSSR count). The van der Waals surface area contributed by atoms with E-state index < -0.39 is 11.8 Å². The number of hydrogen-bond donors (Lipinski definition) is 0. The van der Waals surface area contributed by atoms with Crippen molar-refractivity contribution < 1.29 is 13.9 Å². The molecule has 3 aromatic rings. The zero-order valence-corrected chi connectivity index (χ0v) is 17.4. The molecular weight excluding hydrogens is 391 g/mol. The van der Waals surface area contributed by atoms with E-state index in [0.717, 1.165) is 43.6 Å². The van der Waals surface area contributed by atoms with Gasteiger partial charge in [0.15, 0.2) is 5.69 Å². The minimum atomic E-state index is -0.491. The summed E-state index contributed by atoms with van der Waals surface area (Å²) < 4.78 is 21.8. The highest BCUT2D eigenvalue weighted by atomic mass is 35.5. The van der Waals surface area contributed by atoms with Crippen molar-refractivity contribution in [3.63, 3.8) is 0 Å². The van der Waals surface area contributed by atoms with Gasteiger partial charge in [-0.3, -0.25) is 0 Å². The number of carbonyl (C=O) groups excluding carboxylic acids is 1. The zero-order valence-electron chi connectivity index (χ0n) is 16.7. The lowest BCUT2D eigenvalue weighted by atomic mass is 10.1. The van der Waals surface area contributed by atoms with E-state index in [2.05, 4.69) is 4.90 Å². The first kappa shape index (κ1) is 19.8. The quantitative estimate of drug-likeness (QED) is 0.498. The van der Waals surface area contributed by atoms with Gasteiger partial charge >= 0.3 is 5.97 Å². The number of aromatic nitrogens is 1. The minimum absolute atomic E-state index is 0.0417. The molecule has 0 atom stereocenters. The molecule has 6 heteroatoms. The number of anilines is 1. The fraction of sp³-hybridized carbons (Fsp3) is 0.348. The SMILES string of the molecule is CCOC(=O)c1c(N2CCCCC2)c2c(Cl)c(F)ccc2n1-c1cccc(C)c1. The Morgan fingerprint density at radius 3 is 2.62 bits per heavy atom. The van der Waals surface area contributed by atoms with Crippen LogP contribution in [0.1, 0.15) is 42.2 Å². The molecule has 0 saturated carbocycles. The summed E-state index contributed by atoms with van der Waals surface area (Å²) in [5, 5.41) is 0.609. The Labute approximate surface area is 174 Å². The Bertz CT molecular complexity index is 1070. The lowest BCUT2D eigenvalue weighted by Gasteiger charge is -2.29. The maximum atomic E-state index is 14.5. The molecule has 1 aromatic heterocycles. The number of halogens is 2. The van der Waals surface area contributed by atoms with Crippen molar-refractivity contribution in [2.45, 2.75) is 33.1 Å². The third kappa shape index (κ3) is 3.48. The molecule has 0 radical (unpaired) electrons. The Hall–Kier alpha value is -2.53. The minimum Gasteiger partial charge on any atom is -0.461 e. The van der Waals surface area contributed by atoms with Crippen molar-refractivity contribution in [3.05, 3.63) is 58.5 Å². The van der Waals surface area contributed by atoms with Gasteiger partial charge in [0, 0.05) is 24.2 Å².